The summed E-state index contributed by atoms with van der Waals surface area (Å²) in [6.45, 7) is 3.40. The van der Waals surface area contributed by atoms with Crippen molar-refractivity contribution in [1.82, 2.24) is 20.5 Å². The molecule has 2 rings (SSSR count). The smallest absolute Gasteiger partial charge is 0.290 e. The van der Waals surface area contributed by atoms with E-state index in [9.17, 15) is 4.79 Å². The number of carbonyl (C=O) groups is 1. The molecule has 0 spiro atoms. The Bertz CT molecular complexity index is 412. The molecule has 2 N–H and O–H groups in total. The van der Waals surface area contributed by atoms with Gasteiger partial charge in [-0.3, -0.25) is 9.89 Å². The van der Waals surface area contributed by atoms with Gasteiger partial charge in [0.25, 0.3) is 5.91 Å². The minimum absolute atomic E-state index is 0.199. The Labute approximate surface area is 107 Å². The lowest BCUT2D eigenvalue weighted by Crippen LogP contribution is -2.31. The quantitative estimate of drug-likeness (QED) is 0.756. The first-order chi connectivity index (χ1) is 8.69. The molecule has 1 aromatic heterocycles. The second-order valence-corrected chi connectivity index (χ2v) is 4.88. The van der Waals surface area contributed by atoms with E-state index in [-0.39, 0.29) is 17.1 Å². The number of nitrogens with zero attached hydrogens (tertiary/aromatic N) is 2. The number of hydrogen-bond acceptors (Lipinski definition) is 4. The van der Waals surface area contributed by atoms with Crippen molar-refractivity contribution < 1.29 is 9.53 Å². The van der Waals surface area contributed by atoms with Crippen LogP contribution in [0.2, 0.25) is 0 Å². The van der Waals surface area contributed by atoms with Crippen LogP contribution < -0.4 is 5.32 Å². The SMILES string of the molecule is CCc1nc(C(=O)NCC2(CCOC)CC2)n[nH]1. The minimum Gasteiger partial charge on any atom is -0.385 e. The predicted octanol–water partition coefficient (Wildman–Crippen LogP) is 0.914. The zero-order valence-electron chi connectivity index (χ0n) is 11.0. The fourth-order valence-electron chi connectivity index (χ4n) is 1.91. The molecule has 1 aromatic rings. The Morgan fingerprint density at radius 1 is 1.56 bits per heavy atom. The molecule has 0 unspecified atom stereocenters. The number of aryl methyl sites for hydroxylation is 1. The highest BCUT2D eigenvalue weighted by molar-refractivity contribution is 5.90. The Hall–Kier alpha value is -1.43. The van der Waals surface area contributed by atoms with E-state index in [1.807, 2.05) is 6.92 Å². The molecule has 6 nitrogen and oxygen atoms in total. The van der Waals surface area contributed by atoms with Gasteiger partial charge in [-0.25, -0.2) is 4.98 Å². The zero-order chi connectivity index (χ0) is 13.0. The molecule has 0 aromatic carbocycles. The molecule has 100 valence electrons. The van der Waals surface area contributed by atoms with E-state index in [4.69, 9.17) is 4.74 Å². The van der Waals surface area contributed by atoms with Crippen LogP contribution in [0.3, 0.4) is 0 Å². The molecule has 1 aliphatic carbocycles. The number of methoxy groups -OCH3 is 1. The summed E-state index contributed by atoms with van der Waals surface area (Å²) in [6, 6.07) is 0. The summed E-state index contributed by atoms with van der Waals surface area (Å²) in [6.07, 6.45) is 4.06. The summed E-state index contributed by atoms with van der Waals surface area (Å²) in [4.78, 5) is 15.9. The predicted molar refractivity (Wildman–Crippen MR) is 66.3 cm³/mol. The number of aromatic amines is 1. The maximum atomic E-state index is 11.8. The normalized spacial score (nSPS) is 16.6. The summed E-state index contributed by atoms with van der Waals surface area (Å²) in [5.74, 6) is 0.768. The number of hydrogen-bond donors (Lipinski definition) is 2. The molecule has 1 saturated carbocycles. The van der Waals surface area contributed by atoms with E-state index >= 15 is 0 Å². The number of H-pyrrole nitrogens is 1. The van der Waals surface area contributed by atoms with Crippen LogP contribution in [0.4, 0.5) is 0 Å². The van der Waals surface area contributed by atoms with E-state index in [1.165, 1.54) is 0 Å². The van der Waals surface area contributed by atoms with Crippen LogP contribution >= 0.6 is 0 Å². The van der Waals surface area contributed by atoms with Crippen molar-refractivity contribution in [2.24, 2.45) is 5.41 Å². The standard InChI is InChI=1S/C12H20N4O2/c1-3-9-14-10(16-15-9)11(17)13-8-12(4-5-12)6-7-18-2/h3-8H2,1-2H3,(H,13,17)(H,14,15,16). The maximum absolute atomic E-state index is 11.8. The van der Waals surface area contributed by atoms with Gasteiger partial charge in [0.2, 0.25) is 5.82 Å². The average molecular weight is 252 g/mol. The minimum atomic E-state index is -0.199. The van der Waals surface area contributed by atoms with Crippen molar-refractivity contribution in [2.75, 3.05) is 20.3 Å². The first-order valence-corrected chi connectivity index (χ1v) is 6.37. The summed E-state index contributed by atoms with van der Waals surface area (Å²) < 4.78 is 5.08. The lowest BCUT2D eigenvalue weighted by molar-refractivity contribution is 0.0928. The summed E-state index contributed by atoms with van der Waals surface area (Å²) in [5.41, 5.74) is 0.246. The van der Waals surface area contributed by atoms with Crippen LogP contribution in [0.25, 0.3) is 0 Å². The molecule has 1 fully saturated rings. The second-order valence-electron chi connectivity index (χ2n) is 4.88. The Morgan fingerprint density at radius 3 is 2.89 bits per heavy atom. The van der Waals surface area contributed by atoms with Gasteiger partial charge in [0.15, 0.2) is 0 Å². The van der Waals surface area contributed by atoms with Gasteiger partial charge in [0.1, 0.15) is 5.82 Å². The van der Waals surface area contributed by atoms with Crippen molar-refractivity contribution >= 4 is 5.91 Å². The van der Waals surface area contributed by atoms with Gasteiger partial charge in [-0.1, -0.05) is 6.92 Å². The van der Waals surface area contributed by atoms with Crippen LogP contribution in [-0.4, -0.2) is 41.3 Å². The van der Waals surface area contributed by atoms with Gasteiger partial charge in [0, 0.05) is 26.7 Å². The number of carbonyl (C=O) groups excluding carboxylic acids is 1. The van der Waals surface area contributed by atoms with Gasteiger partial charge < -0.3 is 10.1 Å². The molecule has 1 aliphatic rings. The number of ether oxygens (including phenoxy) is 1. The van der Waals surface area contributed by atoms with Crippen LogP contribution in [0.5, 0.6) is 0 Å². The van der Waals surface area contributed by atoms with Gasteiger partial charge in [-0.2, -0.15) is 0 Å². The summed E-state index contributed by atoms with van der Waals surface area (Å²) >= 11 is 0. The number of amides is 1. The van der Waals surface area contributed by atoms with Crippen LogP contribution in [0, 0.1) is 5.41 Å². The first kappa shape index (κ1) is 13.0. The van der Waals surface area contributed by atoms with E-state index in [0.29, 0.717) is 6.54 Å². The van der Waals surface area contributed by atoms with Crippen molar-refractivity contribution in [3.8, 4) is 0 Å². The molecule has 18 heavy (non-hydrogen) atoms. The van der Waals surface area contributed by atoms with E-state index in [2.05, 4.69) is 20.5 Å². The highest BCUT2D eigenvalue weighted by Gasteiger charge is 2.42. The topological polar surface area (TPSA) is 79.9 Å². The number of nitrogens with one attached hydrogen (secondary N) is 2. The second kappa shape index (κ2) is 5.48. The van der Waals surface area contributed by atoms with Crippen molar-refractivity contribution in [3.05, 3.63) is 11.6 Å². The fourth-order valence-corrected chi connectivity index (χ4v) is 1.91. The maximum Gasteiger partial charge on any atom is 0.290 e. The summed E-state index contributed by atoms with van der Waals surface area (Å²) in [7, 11) is 1.70. The molecule has 1 heterocycles. The molecule has 0 atom stereocenters. The van der Waals surface area contributed by atoms with Crippen molar-refractivity contribution in [2.45, 2.75) is 32.6 Å². The van der Waals surface area contributed by atoms with Crippen molar-refractivity contribution in [3.63, 3.8) is 0 Å². The van der Waals surface area contributed by atoms with Crippen LogP contribution in [0.15, 0.2) is 0 Å². The molecule has 0 bridgehead atoms. The molecule has 0 saturated heterocycles. The number of rotatable bonds is 7. The molecule has 1 amide bonds. The lowest BCUT2D eigenvalue weighted by atomic mass is 10.0. The third-order valence-corrected chi connectivity index (χ3v) is 3.49. The van der Waals surface area contributed by atoms with Gasteiger partial charge >= 0.3 is 0 Å². The number of aromatic nitrogens is 3. The van der Waals surface area contributed by atoms with Crippen molar-refractivity contribution in [1.29, 1.82) is 0 Å². The molecular formula is C12H20N4O2. The third kappa shape index (κ3) is 3.07. The first-order valence-electron chi connectivity index (χ1n) is 6.37. The fraction of sp³-hybridized carbons (Fsp3) is 0.750. The molecule has 6 heteroatoms. The zero-order valence-corrected chi connectivity index (χ0v) is 11.0. The van der Waals surface area contributed by atoms with Gasteiger partial charge in [0.05, 0.1) is 0 Å². The highest BCUT2D eigenvalue weighted by Crippen LogP contribution is 2.48. The summed E-state index contributed by atoms with van der Waals surface area (Å²) in [5, 5.41) is 9.55. The molecule has 0 radical (unpaired) electrons. The van der Waals surface area contributed by atoms with E-state index < -0.39 is 0 Å². The van der Waals surface area contributed by atoms with E-state index in [1.54, 1.807) is 7.11 Å². The lowest BCUT2D eigenvalue weighted by Gasteiger charge is -2.14. The largest absolute Gasteiger partial charge is 0.385 e. The Kier molecular flexibility index (Phi) is 3.96. The average Bonchev–Trinajstić information content (AvgIpc) is 2.99. The monoisotopic (exact) mass is 252 g/mol. The third-order valence-electron chi connectivity index (χ3n) is 3.49. The molecule has 0 aliphatic heterocycles. The van der Waals surface area contributed by atoms with Crippen LogP contribution in [0.1, 0.15) is 42.6 Å². The Morgan fingerprint density at radius 2 is 2.33 bits per heavy atom. The van der Waals surface area contributed by atoms with E-state index in [0.717, 1.165) is 38.1 Å². The molecular weight excluding hydrogens is 232 g/mol. The van der Waals surface area contributed by atoms with Gasteiger partial charge in [-0.15, -0.1) is 5.10 Å². The Balaban J connectivity index is 1.81. The highest BCUT2D eigenvalue weighted by atomic mass is 16.5. The van der Waals surface area contributed by atoms with Crippen LogP contribution in [-0.2, 0) is 11.2 Å². The van der Waals surface area contributed by atoms with Gasteiger partial charge in [-0.05, 0) is 24.7 Å².